The molecule has 6 aliphatic rings. The lowest BCUT2D eigenvalue weighted by Gasteiger charge is -2.59. The molecule has 0 bridgehead atoms. The Morgan fingerprint density at radius 2 is 1.94 bits per heavy atom. The van der Waals surface area contributed by atoms with Gasteiger partial charge in [0.1, 0.15) is 11.2 Å². The second kappa shape index (κ2) is 6.35. The van der Waals surface area contributed by atoms with Crippen molar-refractivity contribution in [2.75, 3.05) is 5.75 Å². The van der Waals surface area contributed by atoms with Crippen LogP contribution in [0, 0.1) is 22.7 Å². The minimum atomic E-state index is -4.24. The van der Waals surface area contributed by atoms with Gasteiger partial charge in [-0.05, 0) is 50.5 Å². The van der Waals surface area contributed by atoms with Crippen molar-refractivity contribution in [3.8, 4) is 0 Å². The molecule has 0 N–H and O–H groups in total. The molecule has 5 fully saturated rings. The molecule has 0 aromatic carbocycles. The molecule has 0 amide bonds. The van der Waals surface area contributed by atoms with E-state index in [4.69, 9.17) is 9.47 Å². The van der Waals surface area contributed by atoms with E-state index in [1.165, 1.54) is 0 Å². The molecule has 2 spiro atoms. The number of fused-ring (bicyclic) bond motifs is 4. The molecular weight excluding hydrogens is 441 g/mol. The lowest BCUT2D eigenvalue weighted by molar-refractivity contribution is -0.164. The largest absolute Gasteiger partial charge is 0.458 e. The van der Waals surface area contributed by atoms with Gasteiger partial charge >= 0.3 is 12.1 Å². The number of hydrogen-bond donors (Lipinski definition) is 0. The van der Waals surface area contributed by atoms with Crippen molar-refractivity contribution in [2.45, 2.75) is 93.9 Å². The van der Waals surface area contributed by atoms with Crippen LogP contribution in [0.15, 0.2) is 11.6 Å². The quantitative estimate of drug-likeness (QED) is 0.420. The summed E-state index contributed by atoms with van der Waals surface area (Å²) in [6, 6.07) is 0. The molecule has 8 atom stereocenters. The monoisotopic (exact) mass is 470 g/mol. The Kier molecular flexibility index (Phi) is 4.27. The number of ether oxygens (including phenoxy) is 2. The standard InChI is InChI=1S/C24H29F3O4S/c1-20-6-3-14(28)9-13(20)10-16(32-12-23(25,26)27)19-15-4-7-22(8-5-18(29)31-22)21(15,2)11-17-24(19,20)30-17/h9,15-17,19H,3-8,10-12H2,1-2H3/t15?,16?,17-,19?,20+,21+,22-,24-/m1/s1. The van der Waals surface area contributed by atoms with Crippen molar-refractivity contribution in [2.24, 2.45) is 22.7 Å². The third-order valence-electron chi connectivity index (χ3n) is 10.1. The zero-order valence-corrected chi connectivity index (χ0v) is 19.2. The summed E-state index contributed by atoms with van der Waals surface area (Å²) in [5.74, 6) is -0.866. The second-order valence-corrected chi connectivity index (χ2v) is 12.5. The first kappa shape index (κ1) is 21.5. The first-order valence-corrected chi connectivity index (χ1v) is 12.8. The zero-order chi connectivity index (χ0) is 22.7. The van der Waals surface area contributed by atoms with Crippen LogP contribution in [0.4, 0.5) is 13.2 Å². The maximum absolute atomic E-state index is 13.3. The Morgan fingerprint density at radius 1 is 1.16 bits per heavy atom. The van der Waals surface area contributed by atoms with E-state index >= 15 is 0 Å². The Hall–Kier alpha value is -1.02. The molecule has 4 aliphatic carbocycles. The average molecular weight is 471 g/mol. The zero-order valence-electron chi connectivity index (χ0n) is 18.4. The minimum absolute atomic E-state index is 0.0346. The molecule has 2 heterocycles. The van der Waals surface area contributed by atoms with Crippen molar-refractivity contribution >= 4 is 23.5 Å². The third-order valence-corrected chi connectivity index (χ3v) is 11.5. The summed E-state index contributed by atoms with van der Waals surface area (Å²) in [6.45, 7) is 4.37. The summed E-state index contributed by atoms with van der Waals surface area (Å²) in [7, 11) is 0. The molecular formula is C24H29F3O4S. The van der Waals surface area contributed by atoms with Crippen LogP contribution in [-0.4, -0.2) is 46.2 Å². The first-order valence-electron chi connectivity index (χ1n) is 11.8. The number of esters is 1. The smallest absolute Gasteiger partial charge is 0.397 e. The van der Waals surface area contributed by atoms with Gasteiger partial charge in [-0.15, -0.1) is 11.8 Å². The van der Waals surface area contributed by atoms with E-state index in [1.807, 2.05) is 0 Å². The lowest BCUT2D eigenvalue weighted by atomic mass is 9.46. The number of halogens is 3. The second-order valence-electron chi connectivity index (χ2n) is 11.3. The highest BCUT2D eigenvalue weighted by Gasteiger charge is 2.83. The van der Waals surface area contributed by atoms with Crippen molar-refractivity contribution in [1.82, 2.24) is 0 Å². The van der Waals surface area contributed by atoms with E-state index in [1.54, 1.807) is 6.08 Å². The number of alkyl halides is 3. The number of rotatable bonds is 2. The topological polar surface area (TPSA) is 55.9 Å². The number of epoxide rings is 1. The summed E-state index contributed by atoms with van der Waals surface area (Å²) in [6.07, 6.45) is 2.60. The number of carbonyl (C=O) groups is 2. The predicted molar refractivity (Wildman–Crippen MR) is 112 cm³/mol. The highest BCUT2D eigenvalue weighted by Crippen LogP contribution is 2.78. The lowest BCUT2D eigenvalue weighted by Crippen LogP contribution is -2.63. The normalized spacial score (nSPS) is 51.5. The highest BCUT2D eigenvalue weighted by molar-refractivity contribution is 8.00. The predicted octanol–water partition coefficient (Wildman–Crippen LogP) is 5.00. The maximum Gasteiger partial charge on any atom is 0.397 e. The van der Waals surface area contributed by atoms with Crippen LogP contribution in [0.25, 0.3) is 0 Å². The molecule has 3 saturated carbocycles. The molecule has 0 radical (unpaired) electrons. The fourth-order valence-electron chi connectivity index (χ4n) is 8.60. The Bertz CT molecular complexity index is 933. The summed E-state index contributed by atoms with van der Waals surface area (Å²) >= 11 is 0.985. The van der Waals surface area contributed by atoms with Crippen LogP contribution in [0.3, 0.4) is 0 Å². The summed E-state index contributed by atoms with van der Waals surface area (Å²) in [5.41, 5.74) is -0.621. The van der Waals surface area contributed by atoms with Gasteiger partial charge in [-0.2, -0.15) is 13.2 Å². The Morgan fingerprint density at radius 3 is 2.62 bits per heavy atom. The van der Waals surface area contributed by atoms with Crippen LogP contribution in [-0.2, 0) is 19.1 Å². The van der Waals surface area contributed by atoms with Gasteiger partial charge in [0.2, 0.25) is 0 Å². The fraction of sp³-hybridized carbons (Fsp3) is 0.833. The molecule has 0 aromatic rings. The van der Waals surface area contributed by atoms with Crippen LogP contribution >= 0.6 is 11.8 Å². The van der Waals surface area contributed by atoms with Crippen molar-refractivity contribution < 1.29 is 32.2 Å². The van der Waals surface area contributed by atoms with Gasteiger partial charge in [0, 0.05) is 34.8 Å². The maximum atomic E-state index is 13.3. The number of carbonyl (C=O) groups excluding carboxylic acids is 2. The molecule has 176 valence electrons. The summed E-state index contributed by atoms with van der Waals surface area (Å²) in [5, 5.41) is -0.260. The van der Waals surface area contributed by atoms with Crippen LogP contribution < -0.4 is 0 Å². The minimum Gasteiger partial charge on any atom is -0.458 e. The van der Waals surface area contributed by atoms with E-state index in [0.29, 0.717) is 32.1 Å². The summed E-state index contributed by atoms with van der Waals surface area (Å²) < 4.78 is 52.3. The van der Waals surface area contributed by atoms with Gasteiger partial charge < -0.3 is 9.47 Å². The van der Waals surface area contributed by atoms with E-state index < -0.39 is 23.1 Å². The van der Waals surface area contributed by atoms with Gasteiger partial charge in [0.05, 0.1) is 11.9 Å². The van der Waals surface area contributed by atoms with Crippen molar-refractivity contribution in [3.63, 3.8) is 0 Å². The van der Waals surface area contributed by atoms with Gasteiger partial charge in [0.15, 0.2) is 5.78 Å². The molecule has 4 nitrogen and oxygen atoms in total. The average Bonchev–Trinajstić information content (AvgIpc) is 3.19. The van der Waals surface area contributed by atoms with E-state index in [-0.39, 0.29) is 45.8 Å². The molecule has 32 heavy (non-hydrogen) atoms. The molecule has 0 aromatic heterocycles. The first-order chi connectivity index (χ1) is 14.9. The van der Waals surface area contributed by atoms with E-state index in [9.17, 15) is 22.8 Å². The molecule has 8 heteroatoms. The van der Waals surface area contributed by atoms with Gasteiger partial charge in [-0.1, -0.05) is 19.4 Å². The third kappa shape index (κ3) is 2.57. The molecule has 3 unspecified atom stereocenters. The van der Waals surface area contributed by atoms with Crippen LogP contribution in [0.1, 0.15) is 65.2 Å². The van der Waals surface area contributed by atoms with Gasteiger partial charge in [-0.3, -0.25) is 9.59 Å². The van der Waals surface area contributed by atoms with Gasteiger partial charge in [-0.25, -0.2) is 0 Å². The molecule has 6 rings (SSSR count). The fourth-order valence-corrected chi connectivity index (χ4v) is 9.90. The van der Waals surface area contributed by atoms with E-state index in [0.717, 1.165) is 36.6 Å². The van der Waals surface area contributed by atoms with Crippen molar-refractivity contribution in [1.29, 1.82) is 0 Å². The van der Waals surface area contributed by atoms with Gasteiger partial charge in [0.25, 0.3) is 0 Å². The number of hydrogen-bond acceptors (Lipinski definition) is 5. The SMILES string of the molecule is C[C@]12CCC(=O)C=C1CC(SCC(F)(F)F)C1C3CC[C@@]4(CCC(=O)O4)[C@@]3(C)C[C@H]3O[C@@]132. The Balaban J connectivity index is 1.43. The number of thioether (sulfide) groups is 1. The van der Waals surface area contributed by atoms with E-state index in [2.05, 4.69) is 13.8 Å². The van der Waals surface area contributed by atoms with Crippen LogP contribution in [0.5, 0.6) is 0 Å². The Labute approximate surface area is 190 Å². The number of ketones is 1. The van der Waals surface area contributed by atoms with Crippen molar-refractivity contribution in [3.05, 3.63) is 11.6 Å². The van der Waals surface area contributed by atoms with Crippen LogP contribution in [0.2, 0.25) is 0 Å². The molecule has 2 aliphatic heterocycles. The highest BCUT2D eigenvalue weighted by atomic mass is 32.2. The molecule has 2 saturated heterocycles. The summed E-state index contributed by atoms with van der Waals surface area (Å²) in [4.78, 5) is 24.4.